The molecule has 2 amide bonds. The molecule has 160 valence electrons. The van der Waals surface area contributed by atoms with Crippen LogP contribution in [0, 0.1) is 10.5 Å². The molecule has 2 aromatic carbocycles. The maximum Gasteiger partial charge on any atom is 0.240 e. The van der Waals surface area contributed by atoms with Gasteiger partial charge in [0.05, 0.1) is 23.0 Å². The van der Waals surface area contributed by atoms with E-state index in [1.807, 2.05) is 57.2 Å². The van der Waals surface area contributed by atoms with Gasteiger partial charge in [-0.15, -0.1) is 0 Å². The average molecular weight is 523 g/mol. The number of nitrogens with zero attached hydrogens (tertiary/aromatic N) is 1. The van der Waals surface area contributed by atoms with Crippen molar-refractivity contribution >= 4 is 46.3 Å². The number of nitrogens with one attached hydrogen (secondary N) is 2. The fourth-order valence-electron chi connectivity index (χ4n) is 2.60. The number of hydrogen-bond acceptors (Lipinski definition) is 5. The van der Waals surface area contributed by atoms with E-state index in [0.717, 1.165) is 20.4 Å². The minimum absolute atomic E-state index is 0.0417. The van der Waals surface area contributed by atoms with Crippen molar-refractivity contribution in [2.45, 2.75) is 33.6 Å². The Balaban J connectivity index is 1.88. The van der Waals surface area contributed by atoms with Gasteiger partial charge in [0.15, 0.2) is 11.5 Å². The molecule has 0 saturated heterocycles. The molecule has 0 aliphatic heterocycles. The van der Waals surface area contributed by atoms with Crippen LogP contribution in [0.4, 0.5) is 5.69 Å². The van der Waals surface area contributed by atoms with Gasteiger partial charge < -0.3 is 14.8 Å². The Hall–Kier alpha value is -2.62. The number of benzene rings is 2. The number of para-hydroxylation sites is 1. The first-order chi connectivity index (χ1) is 14.4. The summed E-state index contributed by atoms with van der Waals surface area (Å²) in [7, 11) is 0. The van der Waals surface area contributed by atoms with Gasteiger partial charge in [-0.2, -0.15) is 5.10 Å². The lowest BCUT2D eigenvalue weighted by molar-refractivity contribution is -0.124. The van der Waals surface area contributed by atoms with Crippen LogP contribution in [0.3, 0.4) is 0 Å². The Morgan fingerprint density at radius 1 is 1.07 bits per heavy atom. The van der Waals surface area contributed by atoms with Crippen LogP contribution in [0.1, 0.15) is 37.8 Å². The molecule has 0 atom stereocenters. The maximum atomic E-state index is 12.0. The van der Waals surface area contributed by atoms with Gasteiger partial charge in [0.1, 0.15) is 0 Å². The first-order valence-corrected chi connectivity index (χ1v) is 10.8. The van der Waals surface area contributed by atoms with E-state index in [4.69, 9.17) is 9.47 Å². The van der Waals surface area contributed by atoms with Crippen molar-refractivity contribution in [1.29, 1.82) is 0 Å². The zero-order valence-corrected chi connectivity index (χ0v) is 19.5. The van der Waals surface area contributed by atoms with Crippen LogP contribution in [-0.2, 0) is 9.59 Å². The molecular formula is C22H26IN3O4. The van der Waals surface area contributed by atoms with Gasteiger partial charge in [-0.3, -0.25) is 9.59 Å². The number of carbonyl (C=O) groups excluding carboxylic acids is 2. The van der Waals surface area contributed by atoms with Crippen LogP contribution in [0.2, 0.25) is 0 Å². The van der Waals surface area contributed by atoms with Gasteiger partial charge in [0.25, 0.3) is 0 Å². The summed E-state index contributed by atoms with van der Waals surface area (Å²) in [5.74, 6) is 0.774. The van der Waals surface area contributed by atoms with Gasteiger partial charge in [0, 0.05) is 18.5 Å². The van der Waals surface area contributed by atoms with E-state index in [1.165, 1.54) is 6.21 Å². The van der Waals surface area contributed by atoms with E-state index in [-0.39, 0.29) is 24.7 Å². The third-order valence-corrected chi connectivity index (χ3v) is 4.82. The third-order valence-electron chi connectivity index (χ3n) is 4.02. The Morgan fingerprint density at radius 2 is 1.77 bits per heavy atom. The number of hydrogen-bond donors (Lipinski definition) is 2. The van der Waals surface area contributed by atoms with Crippen molar-refractivity contribution in [2.24, 2.45) is 5.10 Å². The van der Waals surface area contributed by atoms with Gasteiger partial charge in [0.2, 0.25) is 11.8 Å². The molecule has 7 nitrogen and oxygen atoms in total. The molecule has 0 bridgehead atoms. The zero-order valence-electron chi connectivity index (χ0n) is 17.3. The zero-order chi connectivity index (χ0) is 21.9. The normalized spacial score (nSPS) is 10.7. The number of hydrazone groups is 1. The molecule has 0 radical (unpaired) electrons. The van der Waals surface area contributed by atoms with E-state index in [1.54, 1.807) is 0 Å². The number of halogens is 1. The molecule has 30 heavy (non-hydrogen) atoms. The second-order valence-corrected chi connectivity index (χ2v) is 7.51. The van der Waals surface area contributed by atoms with Gasteiger partial charge >= 0.3 is 0 Å². The van der Waals surface area contributed by atoms with Crippen LogP contribution in [-0.4, -0.2) is 31.2 Å². The van der Waals surface area contributed by atoms with E-state index >= 15 is 0 Å². The lowest BCUT2D eigenvalue weighted by Crippen LogP contribution is -2.20. The highest BCUT2D eigenvalue weighted by atomic mass is 127. The maximum absolute atomic E-state index is 12.0. The molecule has 0 aliphatic rings. The highest BCUT2D eigenvalue weighted by Crippen LogP contribution is 2.33. The second-order valence-electron chi connectivity index (χ2n) is 6.35. The molecule has 2 rings (SSSR count). The highest BCUT2D eigenvalue weighted by molar-refractivity contribution is 14.1. The predicted molar refractivity (Wildman–Crippen MR) is 126 cm³/mol. The Kier molecular flexibility index (Phi) is 9.59. The second kappa shape index (κ2) is 12.2. The van der Waals surface area contributed by atoms with Crippen molar-refractivity contribution in [2.75, 3.05) is 18.5 Å². The van der Waals surface area contributed by atoms with Crippen molar-refractivity contribution in [3.8, 4) is 11.5 Å². The molecule has 0 saturated carbocycles. The van der Waals surface area contributed by atoms with E-state index in [2.05, 4.69) is 38.4 Å². The number of amides is 2. The minimum atomic E-state index is -0.336. The largest absolute Gasteiger partial charge is 0.490 e. The fraction of sp³-hybridized carbons (Fsp3) is 0.318. The van der Waals surface area contributed by atoms with Crippen LogP contribution in [0.15, 0.2) is 41.5 Å². The topological polar surface area (TPSA) is 89.0 Å². The molecule has 0 unspecified atom stereocenters. The smallest absolute Gasteiger partial charge is 0.240 e. The molecule has 0 aliphatic carbocycles. The number of anilines is 1. The summed E-state index contributed by atoms with van der Waals surface area (Å²) in [6.07, 6.45) is 1.65. The Labute approximate surface area is 190 Å². The van der Waals surface area contributed by atoms with Gasteiger partial charge in [-0.25, -0.2) is 5.43 Å². The predicted octanol–water partition coefficient (Wildman–Crippen LogP) is 4.27. The van der Waals surface area contributed by atoms with Crippen LogP contribution < -0.4 is 20.2 Å². The van der Waals surface area contributed by atoms with Crippen molar-refractivity contribution < 1.29 is 19.1 Å². The van der Waals surface area contributed by atoms with Crippen LogP contribution in [0.25, 0.3) is 0 Å². The van der Waals surface area contributed by atoms with E-state index < -0.39 is 0 Å². The van der Waals surface area contributed by atoms with Crippen molar-refractivity contribution in [3.05, 3.63) is 51.1 Å². The Morgan fingerprint density at radius 3 is 2.47 bits per heavy atom. The molecule has 0 fully saturated rings. The average Bonchev–Trinajstić information content (AvgIpc) is 2.71. The van der Waals surface area contributed by atoms with Gasteiger partial charge in [-0.1, -0.05) is 18.2 Å². The molecule has 2 N–H and O–H groups in total. The summed E-state index contributed by atoms with van der Waals surface area (Å²) in [4.78, 5) is 24.0. The summed E-state index contributed by atoms with van der Waals surface area (Å²) in [5.41, 5.74) is 4.93. The number of carbonyl (C=O) groups is 2. The summed E-state index contributed by atoms with van der Waals surface area (Å²) in [5, 5.41) is 6.78. The fourth-order valence-corrected chi connectivity index (χ4v) is 3.38. The lowest BCUT2D eigenvalue weighted by Gasteiger charge is -2.13. The van der Waals surface area contributed by atoms with Crippen LogP contribution in [0.5, 0.6) is 11.5 Å². The third kappa shape index (κ3) is 7.33. The molecule has 0 heterocycles. The van der Waals surface area contributed by atoms with Crippen molar-refractivity contribution in [1.82, 2.24) is 5.43 Å². The SMILES string of the molecule is CCOc1cc(C=NNC(=O)CCC(=O)Nc2ccccc2C)cc(I)c1OCC. The number of rotatable bonds is 10. The quantitative estimate of drug-likeness (QED) is 0.277. The number of ether oxygens (including phenoxy) is 2. The molecular weight excluding hydrogens is 497 g/mol. The molecule has 2 aromatic rings. The van der Waals surface area contributed by atoms with E-state index in [0.29, 0.717) is 24.7 Å². The highest BCUT2D eigenvalue weighted by Gasteiger charge is 2.11. The Bertz CT molecular complexity index is 915. The minimum Gasteiger partial charge on any atom is -0.490 e. The number of aryl methyl sites for hydroxylation is 1. The lowest BCUT2D eigenvalue weighted by atomic mass is 10.2. The molecule has 8 heteroatoms. The van der Waals surface area contributed by atoms with Crippen LogP contribution >= 0.6 is 22.6 Å². The summed E-state index contributed by atoms with van der Waals surface area (Å²) in [6.45, 7) is 6.78. The van der Waals surface area contributed by atoms with Gasteiger partial charge in [-0.05, 0) is 72.7 Å². The molecule has 0 spiro atoms. The monoisotopic (exact) mass is 523 g/mol. The first-order valence-electron chi connectivity index (χ1n) is 9.71. The molecule has 0 aromatic heterocycles. The summed E-state index contributed by atoms with van der Waals surface area (Å²) >= 11 is 2.17. The summed E-state index contributed by atoms with van der Waals surface area (Å²) in [6, 6.07) is 11.2. The van der Waals surface area contributed by atoms with E-state index in [9.17, 15) is 9.59 Å². The summed E-state index contributed by atoms with van der Waals surface area (Å²) < 4.78 is 12.2. The first kappa shape index (κ1) is 23.7. The van der Waals surface area contributed by atoms with Crippen molar-refractivity contribution in [3.63, 3.8) is 0 Å². The standard InChI is InChI=1S/C22H26IN3O4/c1-4-29-19-13-16(12-17(23)22(19)30-5-2)14-24-26-21(28)11-10-20(27)25-18-9-7-6-8-15(18)3/h6-9,12-14H,4-5,10-11H2,1-3H3,(H,25,27)(H,26,28).